The molecular weight excluding hydrogens is 162 g/mol. The van der Waals surface area contributed by atoms with Crippen molar-refractivity contribution in [3.05, 3.63) is 0 Å². The summed E-state index contributed by atoms with van der Waals surface area (Å²) in [5, 5.41) is 3.39. The Hall–Kier alpha value is -0.370. The highest BCUT2D eigenvalue weighted by atomic mass is 16.1. The molecule has 2 aliphatic rings. The van der Waals surface area contributed by atoms with Crippen LogP contribution in [0, 0.1) is 5.92 Å². The minimum atomic E-state index is -0.177. The first-order valence-corrected chi connectivity index (χ1v) is 5.52. The zero-order chi connectivity index (χ0) is 9.31. The molecule has 0 aromatic rings. The molecule has 2 rings (SSSR count). The number of carbonyl (C=O) groups excluding carboxylic acids is 1. The smallest absolute Gasteiger partial charge is 0.155 e. The van der Waals surface area contributed by atoms with E-state index in [1.807, 2.05) is 0 Å². The number of ketones is 1. The molecule has 1 heterocycles. The number of piperidine rings is 1. The van der Waals surface area contributed by atoms with Gasteiger partial charge >= 0.3 is 0 Å². The summed E-state index contributed by atoms with van der Waals surface area (Å²) in [4.78, 5) is 12.0. The van der Waals surface area contributed by atoms with Crippen molar-refractivity contribution in [2.75, 3.05) is 6.54 Å². The summed E-state index contributed by atoms with van der Waals surface area (Å²) in [6, 6.07) is 0. The Morgan fingerprint density at radius 3 is 2.54 bits per heavy atom. The van der Waals surface area contributed by atoms with Crippen molar-refractivity contribution in [1.82, 2.24) is 5.32 Å². The van der Waals surface area contributed by atoms with E-state index in [0.717, 1.165) is 25.8 Å². The van der Waals surface area contributed by atoms with E-state index >= 15 is 0 Å². The standard InChI is InChI=1S/C11H19NO/c1-11(7-2-3-8-12-11)10(13)9-5-4-6-9/h9,12H,2-8H2,1H3. The SMILES string of the molecule is CC1(C(=O)C2CCC2)CCCCN1. The highest BCUT2D eigenvalue weighted by Crippen LogP contribution is 2.33. The molecule has 1 atom stereocenters. The maximum Gasteiger partial charge on any atom is 0.155 e. The molecule has 2 fully saturated rings. The van der Waals surface area contributed by atoms with E-state index in [1.165, 1.54) is 19.3 Å². The summed E-state index contributed by atoms with van der Waals surface area (Å²) in [5.74, 6) is 0.869. The van der Waals surface area contributed by atoms with Crippen molar-refractivity contribution in [3.63, 3.8) is 0 Å². The number of nitrogens with one attached hydrogen (secondary N) is 1. The van der Waals surface area contributed by atoms with Crippen LogP contribution < -0.4 is 5.32 Å². The van der Waals surface area contributed by atoms with E-state index in [0.29, 0.717) is 11.7 Å². The van der Waals surface area contributed by atoms with Crippen LogP contribution >= 0.6 is 0 Å². The average Bonchev–Trinajstić information content (AvgIpc) is 2.02. The summed E-state index contributed by atoms with van der Waals surface area (Å²) < 4.78 is 0. The van der Waals surface area contributed by atoms with Gasteiger partial charge in [-0.25, -0.2) is 0 Å². The Morgan fingerprint density at radius 1 is 1.31 bits per heavy atom. The summed E-state index contributed by atoms with van der Waals surface area (Å²) >= 11 is 0. The summed E-state index contributed by atoms with van der Waals surface area (Å²) in [7, 11) is 0. The first-order valence-electron chi connectivity index (χ1n) is 5.52. The average molecular weight is 181 g/mol. The van der Waals surface area contributed by atoms with Crippen LogP contribution in [0.2, 0.25) is 0 Å². The van der Waals surface area contributed by atoms with Gasteiger partial charge in [0, 0.05) is 5.92 Å². The molecule has 1 saturated carbocycles. The lowest BCUT2D eigenvalue weighted by Crippen LogP contribution is -2.55. The minimum absolute atomic E-state index is 0.177. The Balaban J connectivity index is 1.99. The van der Waals surface area contributed by atoms with Crippen LogP contribution in [0.5, 0.6) is 0 Å². The number of hydrogen-bond donors (Lipinski definition) is 1. The lowest BCUT2D eigenvalue weighted by molar-refractivity contribution is -0.132. The van der Waals surface area contributed by atoms with Crippen molar-refractivity contribution in [1.29, 1.82) is 0 Å². The van der Waals surface area contributed by atoms with Crippen LogP contribution in [-0.4, -0.2) is 17.9 Å². The van der Waals surface area contributed by atoms with E-state index in [1.54, 1.807) is 0 Å². The second-order valence-corrected chi connectivity index (χ2v) is 4.71. The van der Waals surface area contributed by atoms with Gasteiger partial charge < -0.3 is 5.32 Å². The van der Waals surface area contributed by atoms with Gasteiger partial charge in [0.05, 0.1) is 5.54 Å². The molecule has 0 aromatic heterocycles. The number of Topliss-reactive ketones (excluding diaryl/α,β-unsaturated/α-hetero) is 1. The van der Waals surface area contributed by atoms with Crippen LogP contribution in [0.25, 0.3) is 0 Å². The molecule has 1 aliphatic carbocycles. The van der Waals surface area contributed by atoms with Gasteiger partial charge in [-0.1, -0.05) is 6.42 Å². The molecule has 2 nitrogen and oxygen atoms in total. The molecule has 0 amide bonds. The van der Waals surface area contributed by atoms with Crippen LogP contribution in [0.15, 0.2) is 0 Å². The van der Waals surface area contributed by atoms with Gasteiger partial charge in [-0.2, -0.15) is 0 Å². The summed E-state index contributed by atoms with van der Waals surface area (Å²) in [5.41, 5.74) is -0.177. The van der Waals surface area contributed by atoms with Gasteiger partial charge in [-0.05, 0) is 45.6 Å². The van der Waals surface area contributed by atoms with Crippen molar-refractivity contribution >= 4 is 5.78 Å². The molecule has 0 bridgehead atoms. The lowest BCUT2D eigenvalue weighted by atomic mass is 9.73. The maximum atomic E-state index is 12.0. The monoisotopic (exact) mass is 181 g/mol. The fourth-order valence-electron chi connectivity index (χ4n) is 2.39. The van der Waals surface area contributed by atoms with Crippen molar-refractivity contribution in [3.8, 4) is 0 Å². The molecule has 0 spiro atoms. The molecule has 13 heavy (non-hydrogen) atoms. The molecule has 0 radical (unpaired) electrons. The van der Waals surface area contributed by atoms with Gasteiger partial charge in [-0.15, -0.1) is 0 Å². The van der Waals surface area contributed by atoms with Crippen molar-refractivity contribution < 1.29 is 4.79 Å². The van der Waals surface area contributed by atoms with Crippen LogP contribution in [0.4, 0.5) is 0 Å². The van der Waals surface area contributed by atoms with Crippen LogP contribution in [0.3, 0.4) is 0 Å². The summed E-state index contributed by atoms with van der Waals surface area (Å²) in [6.07, 6.45) is 7.01. The molecule has 0 aromatic carbocycles. The third-order valence-electron chi connectivity index (χ3n) is 3.64. The third kappa shape index (κ3) is 1.64. The summed E-state index contributed by atoms with van der Waals surface area (Å²) in [6.45, 7) is 3.11. The topological polar surface area (TPSA) is 29.1 Å². The Morgan fingerprint density at radius 2 is 2.08 bits per heavy atom. The quantitative estimate of drug-likeness (QED) is 0.705. The van der Waals surface area contributed by atoms with Gasteiger partial charge in [0.25, 0.3) is 0 Å². The zero-order valence-electron chi connectivity index (χ0n) is 8.44. The molecule has 1 N–H and O–H groups in total. The van der Waals surface area contributed by atoms with Gasteiger partial charge in [-0.3, -0.25) is 4.79 Å². The third-order valence-corrected chi connectivity index (χ3v) is 3.64. The minimum Gasteiger partial charge on any atom is -0.305 e. The molecule has 74 valence electrons. The first kappa shape index (κ1) is 9.20. The van der Waals surface area contributed by atoms with Crippen LogP contribution in [0.1, 0.15) is 45.4 Å². The van der Waals surface area contributed by atoms with Gasteiger partial charge in [0.1, 0.15) is 0 Å². The normalized spacial score (nSPS) is 35.5. The molecule has 1 unspecified atom stereocenters. The van der Waals surface area contributed by atoms with E-state index in [2.05, 4.69) is 12.2 Å². The molecule has 1 saturated heterocycles. The van der Waals surface area contributed by atoms with Crippen LogP contribution in [-0.2, 0) is 4.79 Å². The highest BCUT2D eigenvalue weighted by Gasteiger charge is 2.40. The predicted octanol–water partition coefficient (Wildman–Crippen LogP) is 1.89. The molecule has 2 heteroatoms. The van der Waals surface area contributed by atoms with Crippen molar-refractivity contribution in [2.24, 2.45) is 5.92 Å². The fraction of sp³-hybridized carbons (Fsp3) is 0.909. The van der Waals surface area contributed by atoms with E-state index in [9.17, 15) is 4.79 Å². The predicted molar refractivity (Wildman–Crippen MR) is 52.6 cm³/mol. The van der Waals surface area contributed by atoms with Gasteiger partial charge in [0.15, 0.2) is 5.78 Å². The van der Waals surface area contributed by atoms with Crippen molar-refractivity contribution in [2.45, 2.75) is 51.0 Å². The first-order chi connectivity index (χ1) is 6.22. The van der Waals surface area contributed by atoms with E-state index in [4.69, 9.17) is 0 Å². The molecule has 1 aliphatic heterocycles. The Bertz CT molecular complexity index is 202. The second-order valence-electron chi connectivity index (χ2n) is 4.71. The fourth-order valence-corrected chi connectivity index (χ4v) is 2.39. The Kier molecular flexibility index (Phi) is 2.41. The van der Waals surface area contributed by atoms with Gasteiger partial charge in [0.2, 0.25) is 0 Å². The second kappa shape index (κ2) is 3.41. The number of carbonyl (C=O) groups is 1. The zero-order valence-corrected chi connectivity index (χ0v) is 8.44. The molecular formula is C11H19NO. The highest BCUT2D eigenvalue weighted by molar-refractivity contribution is 5.90. The number of rotatable bonds is 2. The maximum absolute atomic E-state index is 12.0. The van der Waals surface area contributed by atoms with E-state index < -0.39 is 0 Å². The largest absolute Gasteiger partial charge is 0.305 e. The van der Waals surface area contributed by atoms with E-state index in [-0.39, 0.29) is 5.54 Å². The lowest BCUT2D eigenvalue weighted by Gasteiger charge is -2.38. The number of hydrogen-bond acceptors (Lipinski definition) is 2. The Labute approximate surface area is 80.1 Å².